The zero-order chi connectivity index (χ0) is 30.8. The molecule has 13 heteroatoms. The Bertz CT molecular complexity index is 1960. The summed E-state index contributed by atoms with van der Waals surface area (Å²) in [6.07, 6.45) is 1.54. The number of methoxy groups -OCH3 is 1. The van der Waals surface area contributed by atoms with Gasteiger partial charge >= 0.3 is 5.97 Å². The molecule has 0 N–H and O–H groups in total. The first kappa shape index (κ1) is 29.8. The highest BCUT2D eigenvalue weighted by atomic mass is 35.5. The lowest BCUT2D eigenvalue weighted by Crippen LogP contribution is -2.39. The van der Waals surface area contributed by atoms with Crippen LogP contribution in [0.15, 0.2) is 74.0 Å². The summed E-state index contributed by atoms with van der Waals surface area (Å²) in [6.45, 7) is 5.77. The number of ether oxygens (including phenoxy) is 3. The molecule has 0 aliphatic carbocycles. The second-order valence-electron chi connectivity index (χ2n) is 9.27. The van der Waals surface area contributed by atoms with Gasteiger partial charge < -0.3 is 18.6 Å². The molecule has 0 bridgehead atoms. The number of benzene rings is 2. The Balaban J connectivity index is 1.65. The standard InChI is InChI=1S/C30H26ClN3O8S/c1-5-40-24-13-17(7-11-23(24)39-4)27-26(29(36)41-6-2)16(3)32-30-33(27)28(35)25(43-30)15-19-9-12-22(42-19)20-10-8-18(31)14-21(20)34(37)38/h7-15,27H,5-6H2,1-4H3/b25-15-/t27-/m1/s1. The maximum Gasteiger partial charge on any atom is 0.338 e. The number of nitro groups is 1. The van der Waals surface area contributed by atoms with E-state index in [9.17, 15) is 19.7 Å². The summed E-state index contributed by atoms with van der Waals surface area (Å²) in [5, 5.41) is 11.8. The molecule has 5 rings (SSSR count). The molecule has 0 amide bonds. The van der Waals surface area contributed by atoms with Crippen molar-refractivity contribution < 1.29 is 28.3 Å². The Labute approximate surface area is 254 Å². The second kappa shape index (κ2) is 12.3. The van der Waals surface area contributed by atoms with Crippen LogP contribution in [0.3, 0.4) is 0 Å². The summed E-state index contributed by atoms with van der Waals surface area (Å²) in [5.74, 6) is 0.915. The van der Waals surface area contributed by atoms with Crippen LogP contribution < -0.4 is 24.4 Å². The van der Waals surface area contributed by atoms with Crippen molar-refractivity contribution in [2.75, 3.05) is 20.3 Å². The van der Waals surface area contributed by atoms with Crippen LogP contribution in [-0.2, 0) is 9.53 Å². The van der Waals surface area contributed by atoms with E-state index in [0.717, 1.165) is 11.3 Å². The van der Waals surface area contributed by atoms with Crippen molar-refractivity contribution in [2.24, 2.45) is 4.99 Å². The Morgan fingerprint density at radius 2 is 1.95 bits per heavy atom. The van der Waals surface area contributed by atoms with Crippen LogP contribution in [0.1, 0.15) is 38.1 Å². The van der Waals surface area contributed by atoms with E-state index in [1.807, 2.05) is 6.92 Å². The minimum absolute atomic E-state index is 0.145. The Hall–Kier alpha value is -4.68. The average molecular weight is 624 g/mol. The van der Waals surface area contributed by atoms with E-state index >= 15 is 0 Å². The molecule has 222 valence electrons. The number of thiazole rings is 1. The van der Waals surface area contributed by atoms with Crippen molar-refractivity contribution in [2.45, 2.75) is 26.8 Å². The van der Waals surface area contributed by atoms with Crippen molar-refractivity contribution in [1.29, 1.82) is 0 Å². The largest absolute Gasteiger partial charge is 0.493 e. The molecule has 0 saturated heterocycles. The highest BCUT2D eigenvalue weighted by Gasteiger charge is 2.34. The van der Waals surface area contributed by atoms with Gasteiger partial charge in [-0.1, -0.05) is 29.0 Å². The van der Waals surface area contributed by atoms with Gasteiger partial charge in [-0.2, -0.15) is 0 Å². The molecular weight excluding hydrogens is 598 g/mol. The van der Waals surface area contributed by atoms with Crippen molar-refractivity contribution in [1.82, 2.24) is 4.57 Å². The molecule has 0 radical (unpaired) electrons. The van der Waals surface area contributed by atoms with E-state index in [4.69, 9.17) is 30.2 Å². The number of carbonyl (C=O) groups is 1. The van der Waals surface area contributed by atoms with E-state index in [-0.39, 0.29) is 38.7 Å². The summed E-state index contributed by atoms with van der Waals surface area (Å²) in [5.41, 5.74) is 0.872. The number of carbonyl (C=O) groups excluding carboxylic acids is 1. The number of esters is 1. The zero-order valence-corrected chi connectivity index (χ0v) is 25.2. The summed E-state index contributed by atoms with van der Waals surface area (Å²) in [7, 11) is 1.53. The number of nitrogens with zero attached hydrogens (tertiary/aromatic N) is 3. The van der Waals surface area contributed by atoms with Crippen LogP contribution in [-0.4, -0.2) is 35.8 Å². The van der Waals surface area contributed by atoms with E-state index in [1.165, 1.54) is 36.0 Å². The number of hydrogen-bond donors (Lipinski definition) is 0. The highest BCUT2D eigenvalue weighted by molar-refractivity contribution is 7.07. The summed E-state index contributed by atoms with van der Waals surface area (Å²) in [4.78, 5) is 43.1. The monoisotopic (exact) mass is 623 g/mol. The highest BCUT2D eigenvalue weighted by Crippen LogP contribution is 2.37. The first-order valence-corrected chi connectivity index (χ1v) is 14.4. The number of aromatic nitrogens is 1. The number of furan rings is 1. The van der Waals surface area contributed by atoms with Crippen molar-refractivity contribution in [3.8, 4) is 22.8 Å². The molecule has 3 heterocycles. The maximum atomic E-state index is 13.9. The fraction of sp³-hybridized carbons (Fsp3) is 0.233. The summed E-state index contributed by atoms with van der Waals surface area (Å²) < 4.78 is 24.2. The van der Waals surface area contributed by atoms with Crippen LogP contribution in [0, 0.1) is 10.1 Å². The smallest absolute Gasteiger partial charge is 0.338 e. The van der Waals surface area contributed by atoms with E-state index in [1.54, 1.807) is 44.2 Å². The third-order valence-electron chi connectivity index (χ3n) is 6.64. The zero-order valence-electron chi connectivity index (χ0n) is 23.6. The van der Waals surface area contributed by atoms with Crippen LogP contribution in [0.5, 0.6) is 11.5 Å². The number of fused-ring (bicyclic) bond motifs is 1. The predicted molar refractivity (Wildman–Crippen MR) is 160 cm³/mol. The molecule has 1 atom stereocenters. The molecule has 1 aliphatic heterocycles. The van der Waals surface area contributed by atoms with E-state index in [2.05, 4.69) is 4.99 Å². The first-order chi connectivity index (χ1) is 20.7. The van der Waals surface area contributed by atoms with Gasteiger partial charge in [0.05, 0.1) is 52.7 Å². The van der Waals surface area contributed by atoms with Crippen molar-refractivity contribution >= 4 is 40.7 Å². The normalized spacial score (nSPS) is 14.7. The number of rotatable bonds is 9. The fourth-order valence-electron chi connectivity index (χ4n) is 4.81. The fourth-order valence-corrected chi connectivity index (χ4v) is 6.00. The quantitative estimate of drug-likeness (QED) is 0.144. The minimum Gasteiger partial charge on any atom is -0.493 e. The number of hydrogen-bond acceptors (Lipinski definition) is 10. The van der Waals surface area contributed by atoms with Gasteiger partial charge in [0.25, 0.3) is 11.2 Å². The lowest BCUT2D eigenvalue weighted by molar-refractivity contribution is -0.384. The molecule has 43 heavy (non-hydrogen) atoms. The molecule has 11 nitrogen and oxygen atoms in total. The SMILES string of the molecule is CCOC(=O)C1=C(C)N=c2s/c(=C\c3ccc(-c4ccc(Cl)cc4[N+](=O)[O-])o3)c(=O)n2[C@@H]1c1ccc(OC)c(OCC)c1. The summed E-state index contributed by atoms with van der Waals surface area (Å²) >= 11 is 7.07. The Morgan fingerprint density at radius 3 is 2.65 bits per heavy atom. The van der Waals surface area contributed by atoms with E-state index < -0.39 is 22.5 Å². The third kappa shape index (κ3) is 5.71. The van der Waals surface area contributed by atoms with Crippen molar-refractivity contribution in [3.63, 3.8) is 0 Å². The molecule has 1 aliphatic rings. The van der Waals surface area contributed by atoms with Gasteiger partial charge in [0.1, 0.15) is 11.5 Å². The average Bonchev–Trinajstić information content (AvgIpc) is 3.56. The van der Waals surface area contributed by atoms with Gasteiger partial charge in [0.15, 0.2) is 16.3 Å². The number of halogens is 1. The molecule has 0 unspecified atom stereocenters. The van der Waals surface area contributed by atoms with Gasteiger partial charge in [0, 0.05) is 17.2 Å². The van der Waals surface area contributed by atoms with Crippen molar-refractivity contribution in [3.05, 3.63) is 106 Å². The minimum atomic E-state index is -0.855. The van der Waals surface area contributed by atoms with Crippen LogP contribution in [0.4, 0.5) is 5.69 Å². The van der Waals surface area contributed by atoms with Gasteiger partial charge in [0.2, 0.25) is 0 Å². The first-order valence-electron chi connectivity index (χ1n) is 13.2. The number of allylic oxidation sites excluding steroid dienone is 1. The van der Waals surface area contributed by atoms with E-state index in [0.29, 0.717) is 39.9 Å². The molecule has 2 aromatic carbocycles. The van der Waals surface area contributed by atoms with Gasteiger partial charge in [-0.25, -0.2) is 9.79 Å². The molecular formula is C30H26ClN3O8S. The molecule has 0 saturated carbocycles. The van der Waals surface area contributed by atoms with Gasteiger partial charge in [-0.05, 0) is 62.7 Å². The van der Waals surface area contributed by atoms with Crippen LogP contribution in [0.2, 0.25) is 5.02 Å². The molecule has 0 spiro atoms. The maximum absolute atomic E-state index is 13.9. The lowest BCUT2D eigenvalue weighted by Gasteiger charge is -2.25. The van der Waals surface area contributed by atoms with Crippen LogP contribution >= 0.6 is 22.9 Å². The van der Waals surface area contributed by atoms with Crippen LogP contribution in [0.25, 0.3) is 17.4 Å². The predicted octanol–water partition coefficient (Wildman–Crippen LogP) is 5.03. The van der Waals surface area contributed by atoms with Gasteiger partial charge in [-0.3, -0.25) is 19.5 Å². The molecule has 0 fully saturated rings. The summed E-state index contributed by atoms with van der Waals surface area (Å²) in [6, 6.07) is 11.8. The third-order valence-corrected chi connectivity index (χ3v) is 7.86. The molecule has 4 aromatic rings. The lowest BCUT2D eigenvalue weighted by atomic mass is 9.95. The topological polar surface area (TPSA) is 135 Å². The Kier molecular flexibility index (Phi) is 8.51. The number of nitro benzene ring substituents is 1. The Morgan fingerprint density at radius 1 is 1.16 bits per heavy atom. The second-order valence-corrected chi connectivity index (χ2v) is 10.7. The molecule has 2 aromatic heterocycles. The van der Waals surface area contributed by atoms with Gasteiger partial charge in [-0.15, -0.1) is 0 Å².